The summed E-state index contributed by atoms with van der Waals surface area (Å²) < 4.78 is 0. The van der Waals surface area contributed by atoms with Gasteiger partial charge in [0, 0.05) is 0 Å². The predicted molar refractivity (Wildman–Crippen MR) is 102 cm³/mol. The zero-order valence-corrected chi connectivity index (χ0v) is 15.1. The highest BCUT2D eigenvalue weighted by molar-refractivity contribution is 6.25. The summed E-state index contributed by atoms with van der Waals surface area (Å²) in [6.07, 6.45) is 3.00. The molecule has 0 aromatic heterocycles. The Balaban J connectivity index is 2.07. The second-order valence-electron chi connectivity index (χ2n) is 6.45. The van der Waals surface area contributed by atoms with E-state index in [1.165, 1.54) is 12.2 Å². The highest BCUT2D eigenvalue weighted by Gasteiger charge is 2.30. The van der Waals surface area contributed by atoms with Crippen molar-refractivity contribution < 1.29 is 25.5 Å². The summed E-state index contributed by atoms with van der Waals surface area (Å²) in [5.74, 6) is -1.05. The lowest BCUT2D eigenvalue weighted by atomic mass is 9.96. The van der Waals surface area contributed by atoms with Gasteiger partial charge in [-0.25, -0.2) is 0 Å². The molecule has 1 aromatic rings. The van der Waals surface area contributed by atoms with Gasteiger partial charge in [-0.2, -0.15) is 0 Å². The minimum Gasteiger partial charge on any atom is -0.509 e. The molecule has 0 amide bonds. The zero-order valence-electron chi connectivity index (χ0n) is 14.3. The molecule has 2 rings (SSSR count). The molecule has 1 aromatic carbocycles. The molecule has 0 aliphatic heterocycles. The lowest BCUT2D eigenvalue weighted by molar-refractivity contribution is -0.0547. The first-order chi connectivity index (χ1) is 12.2. The number of hydrogen-bond donors (Lipinski definition) is 5. The minimum absolute atomic E-state index is 0.491. The van der Waals surface area contributed by atoms with Crippen molar-refractivity contribution in [3.63, 3.8) is 0 Å². The van der Waals surface area contributed by atoms with Gasteiger partial charge < -0.3 is 25.5 Å². The number of rotatable bonds is 6. The molecule has 0 spiro atoms. The van der Waals surface area contributed by atoms with E-state index in [4.69, 9.17) is 11.6 Å². The van der Waals surface area contributed by atoms with Crippen molar-refractivity contribution in [2.75, 3.05) is 0 Å². The van der Waals surface area contributed by atoms with Crippen LogP contribution in [0.3, 0.4) is 0 Å². The number of alkyl halides is 1. The lowest BCUT2D eigenvalue weighted by Gasteiger charge is -2.23. The van der Waals surface area contributed by atoms with Crippen LogP contribution in [0.4, 0.5) is 0 Å². The van der Waals surface area contributed by atoms with Crippen LogP contribution in [0, 0.1) is 0 Å². The van der Waals surface area contributed by atoms with Crippen LogP contribution in [0.15, 0.2) is 71.7 Å². The summed E-state index contributed by atoms with van der Waals surface area (Å²) in [6, 6.07) is 8.71. The molecule has 1 aliphatic rings. The lowest BCUT2D eigenvalue weighted by Crippen LogP contribution is -2.39. The molecule has 140 valence electrons. The third kappa shape index (κ3) is 5.47. The first kappa shape index (κ1) is 20.3. The van der Waals surface area contributed by atoms with E-state index in [2.05, 4.69) is 0 Å². The van der Waals surface area contributed by atoms with Gasteiger partial charge in [-0.15, -0.1) is 11.6 Å². The Labute approximate surface area is 157 Å². The predicted octanol–water partition coefficient (Wildman–Crippen LogP) is 2.99. The largest absolute Gasteiger partial charge is 0.509 e. The minimum atomic E-state index is -1.81. The Hall–Kier alpha value is -2.05. The molecule has 1 aliphatic carbocycles. The number of aliphatic hydroxyl groups is 5. The maximum atomic E-state index is 10.1. The zero-order chi connectivity index (χ0) is 19.3. The maximum Gasteiger partial charge on any atom is 0.140 e. The van der Waals surface area contributed by atoms with Crippen LogP contribution in [0.1, 0.15) is 18.9 Å². The molecule has 0 heterocycles. The van der Waals surface area contributed by atoms with Crippen molar-refractivity contribution in [3.05, 3.63) is 77.3 Å². The van der Waals surface area contributed by atoms with Crippen LogP contribution < -0.4 is 0 Å². The van der Waals surface area contributed by atoms with Crippen LogP contribution in [0.5, 0.6) is 0 Å². The van der Waals surface area contributed by atoms with E-state index < -0.39 is 34.7 Å². The third-order valence-corrected chi connectivity index (χ3v) is 4.32. The molecule has 0 saturated heterocycles. The number of aliphatic hydroxyl groups excluding tert-OH is 5. The van der Waals surface area contributed by atoms with Crippen LogP contribution in [0.25, 0.3) is 6.08 Å². The van der Waals surface area contributed by atoms with Crippen molar-refractivity contribution in [1.82, 2.24) is 0 Å². The number of allylic oxidation sites excluding steroid dienone is 5. The van der Waals surface area contributed by atoms with Crippen LogP contribution in [0.2, 0.25) is 0 Å². The molecular formula is C20H23ClO5. The Bertz CT molecular complexity index is 734. The second kappa shape index (κ2) is 8.56. The van der Waals surface area contributed by atoms with Crippen molar-refractivity contribution in [2.24, 2.45) is 0 Å². The highest BCUT2D eigenvalue weighted by atomic mass is 35.5. The van der Waals surface area contributed by atoms with Gasteiger partial charge in [0.05, 0.1) is 4.87 Å². The van der Waals surface area contributed by atoms with Crippen LogP contribution in [-0.4, -0.2) is 48.7 Å². The summed E-state index contributed by atoms with van der Waals surface area (Å²) in [7, 11) is 0. The van der Waals surface area contributed by atoms with E-state index >= 15 is 0 Å². The summed E-state index contributed by atoms with van der Waals surface area (Å²) >= 11 is 6.16. The number of hydrogen-bond acceptors (Lipinski definition) is 5. The molecule has 0 fully saturated rings. The highest BCUT2D eigenvalue weighted by Crippen LogP contribution is 2.28. The monoisotopic (exact) mass is 378 g/mol. The number of benzene rings is 1. The topological polar surface area (TPSA) is 101 Å². The van der Waals surface area contributed by atoms with Gasteiger partial charge in [-0.3, -0.25) is 0 Å². The molecule has 0 radical (unpaired) electrons. The maximum absolute atomic E-state index is 10.1. The second-order valence-corrected chi connectivity index (χ2v) is 7.31. The SMILES string of the molecule is CC1(Cl)C=CC(C=C(O)[C@H](O)[C@@H](O)[C@H](O)C(O)=Cc2ccccc2)=CC1. The summed E-state index contributed by atoms with van der Waals surface area (Å²) in [5, 5.41) is 50.1. The van der Waals surface area contributed by atoms with E-state index in [1.54, 1.807) is 48.6 Å². The van der Waals surface area contributed by atoms with Crippen molar-refractivity contribution in [3.8, 4) is 0 Å². The fraction of sp³-hybridized carbons (Fsp3) is 0.300. The molecule has 5 N–H and O–H groups in total. The fourth-order valence-corrected chi connectivity index (χ4v) is 2.55. The Morgan fingerprint density at radius 1 is 1.04 bits per heavy atom. The van der Waals surface area contributed by atoms with Gasteiger partial charge in [0.2, 0.25) is 0 Å². The smallest absolute Gasteiger partial charge is 0.140 e. The molecule has 1 unspecified atom stereocenters. The Kier molecular flexibility index (Phi) is 6.67. The van der Waals surface area contributed by atoms with Gasteiger partial charge >= 0.3 is 0 Å². The molecule has 0 saturated carbocycles. The normalized spacial score (nSPS) is 24.7. The van der Waals surface area contributed by atoms with Gasteiger partial charge in [-0.1, -0.05) is 48.6 Å². The average Bonchev–Trinajstić information content (AvgIpc) is 2.62. The van der Waals surface area contributed by atoms with Crippen molar-refractivity contribution in [1.29, 1.82) is 0 Å². The van der Waals surface area contributed by atoms with E-state index in [0.29, 0.717) is 17.6 Å². The molecule has 6 heteroatoms. The van der Waals surface area contributed by atoms with E-state index in [0.717, 1.165) is 0 Å². The Morgan fingerprint density at radius 2 is 1.62 bits per heavy atom. The first-order valence-corrected chi connectivity index (χ1v) is 8.56. The van der Waals surface area contributed by atoms with Gasteiger partial charge in [0.25, 0.3) is 0 Å². The van der Waals surface area contributed by atoms with E-state index in [1.807, 2.05) is 6.92 Å². The quantitative estimate of drug-likeness (QED) is 0.387. The van der Waals surface area contributed by atoms with Crippen molar-refractivity contribution in [2.45, 2.75) is 36.5 Å². The van der Waals surface area contributed by atoms with Crippen LogP contribution >= 0.6 is 11.6 Å². The average molecular weight is 379 g/mol. The summed E-state index contributed by atoms with van der Waals surface area (Å²) in [5.41, 5.74) is 1.23. The van der Waals surface area contributed by atoms with E-state index in [9.17, 15) is 25.5 Å². The Morgan fingerprint density at radius 3 is 2.15 bits per heavy atom. The van der Waals surface area contributed by atoms with Gasteiger partial charge in [0.1, 0.15) is 29.8 Å². The van der Waals surface area contributed by atoms with Gasteiger partial charge in [0.15, 0.2) is 0 Å². The molecule has 0 bridgehead atoms. The van der Waals surface area contributed by atoms with Gasteiger partial charge in [-0.05, 0) is 36.6 Å². The standard InChI is InChI=1S/C20H23ClO5/c1-20(21)9-7-14(8-10-20)12-16(23)18(25)19(26)17(24)15(22)11-13-5-3-2-4-6-13/h2-9,11-12,17-19,22-26H,10H2,1H3/t17-,18+,19+,20?/m1/s1. The van der Waals surface area contributed by atoms with E-state index in [-0.39, 0.29) is 0 Å². The summed E-state index contributed by atoms with van der Waals surface area (Å²) in [4.78, 5) is -0.491. The van der Waals surface area contributed by atoms with Crippen molar-refractivity contribution >= 4 is 17.7 Å². The first-order valence-electron chi connectivity index (χ1n) is 8.18. The molecule has 4 atom stereocenters. The molecular weight excluding hydrogens is 356 g/mol. The fourth-order valence-electron chi connectivity index (χ4n) is 2.41. The molecule has 26 heavy (non-hydrogen) atoms. The third-order valence-electron chi connectivity index (χ3n) is 4.04. The number of halogens is 1. The molecule has 5 nitrogen and oxygen atoms in total. The summed E-state index contributed by atoms with van der Waals surface area (Å²) in [6.45, 7) is 1.85. The van der Waals surface area contributed by atoms with Crippen LogP contribution in [-0.2, 0) is 0 Å².